The van der Waals surface area contributed by atoms with Crippen LogP contribution in [-0.2, 0) is 24.6 Å². The monoisotopic (exact) mass is 727 g/mol. The predicted molar refractivity (Wildman–Crippen MR) is 180 cm³/mol. The maximum absolute atomic E-state index is 14.4. The first kappa shape index (κ1) is 35.6. The van der Waals surface area contributed by atoms with Crippen LogP contribution in [0.5, 0.6) is 0 Å². The second-order valence-corrected chi connectivity index (χ2v) is 15.7. The number of benzene rings is 2. The summed E-state index contributed by atoms with van der Waals surface area (Å²) in [6.45, 7) is 10.0. The molecule has 4 amide bonds. The number of fused-ring (bicyclic) bond motifs is 2. The van der Waals surface area contributed by atoms with Crippen LogP contribution in [0.4, 0.5) is 8.78 Å². The van der Waals surface area contributed by atoms with E-state index in [1.165, 1.54) is 24.0 Å². The third kappa shape index (κ3) is 6.77. The lowest BCUT2D eigenvalue weighted by atomic mass is 9.85. The normalized spacial score (nSPS) is 24.7. The second kappa shape index (κ2) is 13.8. The van der Waals surface area contributed by atoms with Crippen LogP contribution in [0.15, 0.2) is 54.6 Å². The highest BCUT2D eigenvalue weighted by atomic mass is 32.1. The molecule has 2 aromatic carbocycles. The van der Waals surface area contributed by atoms with Gasteiger partial charge in [-0.2, -0.15) is 8.78 Å². The van der Waals surface area contributed by atoms with Gasteiger partial charge in [-0.15, -0.1) is 11.3 Å². The molecular weight excluding hydrogens is 691 g/mol. The summed E-state index contributed by atoms with van der Waals surface area (Å²) in [5, 5.41) is 2.86. The van der Waals surface area contributed by atoms with Crippen LogP contribution in [0.3, 0.4) is 0 Å². The highest BCUT2D eigenvalue weighted by Crippen LogP contribution is 2.59. The number of alkyl halides is 2. The maximum atomic E-state index is 14.4. The number of hydrogen-bond acceptors (Lipinski definition) is 6. The molecule has 3 aliphatic rings. The fourth-order valence-electron chi connectivity index (χ4n) is 7.31. The molecule has 5 atom stereocenters. The van der Waals surface area contributed by atoms with E-state index in [1.54, 1.807) is 9.80 Å². The van der Waals surface area contributed by atoms with Crippen LogP contribution in [0.25, 0.3) is 14.9 Å². The van der Waals surface area contributed by atoms with Crippen molar-refractivity contribution in [1.29, 1.82) is 0 Å². The quantitative estimate of drug-likeness (QED) is 0.255. The fraction of sp³-hybridized carbons (Fsp3) is 0.441. The zero-order chi connectivity index (χ0) is 36.0. The van der Waals surface area contributed by atoms with E-state index in [9.17, 15) is 32.5 Å². The van der Waals surface area contributed by atoms with Crippen LogP contribution in [0, 0.1) is 6.57 Å². The highest BCUT2D eigenvalue weighted by molar-refractivity contribution is 7.52. The molecule has 3 aliphatic heterocycles. The molecule has 0 radical (unpaired) electrons. The summed E-state index contributed by atoms with van der Waals surface area (Å²) in [4.78, 5) is 81.3. The first-order valence-corrected chi connectivity index (χ1v) is 18.7. The Hall–Kier alpha value is -4.22. The van der Waals surface area contributed by atoms with Crippen molar-refractivity contribution in [2.45, 2.75) is 68.4 Å². The minimum atomic E-state index is -5.81. The van der Waals surface area contributed by atoms with Gasteiger partial charge in [0.15, 0.2) is 0 Å². The molecule has 4 heterocycles. The average Bonchev–Trinajstić information content (AvgIpc) is 3.72. The number of piperidine rings is 1. The van der Waals surface area contributed by atoms with Gasteiger partial charge in [-0.1, -0.05) is 36.4 Å². The minimum Gasteiger partial charge on any atom is -0.340 e. The molecule has 0 bridgehead atoms. The predicted octanol–water partition coefficient (Wildman–Crippen LogP) is 4.14. The van der Waals surface area contributed by atoms with E-state index < -0.39 is 48.8 Å². The van der Waals surface area contributed by atoms with Gasteiger partial charge in [-0.3, -0.25) is 23.7 Å². The Balaban J connectivity index is 1.22. The number of rotatable bonds is 6. The number of carbonyl (C=O) groups is 4. The van der Waals surface area contributed by atoms with Crippen molar-refractivity contribution in [1.82, 2.24) is 20.0 Å². The summed E-state index contributed by atoms with van der Waals surface area (Å²) >= 11 is 0.941. The highest BCUT2D eigenvalue weighted by Gasteiger charge is 2.51. The zero-order valence-electron chi connectivity index (χ0n) is 27.1. The van der Waals surface area contributed by atoms with Crippen molar-refractivity contribution in [2.75, 3.05) is 26.2 Å². The SMILES string of the molecule is [C-]#[N+][C@@H]1CN(C(=O)[C@@H]2CC[C@@H]3CCN(C(C)=O)C[C@H](NC(=O)c4cc5cc(C(F)(F)P(=O)(O)O)ccc5s4)C(=O)N32)CC[C@H]1c1ccccc1. The van der Waals surface area contributed by atoms with E-state index in [-0.39, 0.29) is 47.1 Å². The fourth-order valence-corrected chi connectivity index (χ4v) is 8.73. The van der Waals surface area contributed by atoms with Crippen LogP contribution in [-0.4, -0.2) is 98.5 Å². The molecule has 16 heteroatoms. The summed E-state index contributed by atoms with van der Waals surface area (Å²) < 4.78 is 40.5. The lowest BCUT2D eigenvalue weighted by Gasteiger charge is -2.40. The van der Waals surface area contributed by atoms with Crippen LogP contribution >= 0.6 is 18.9 Å². The Morgan fingerprint density at radius 3 is 2.40 bits per heavy atom. The number of thiophene rings is 1. The molecule has 0 saturated carbocycles. The van der Waals surface area contributed by atoms with E-state index in [0.717, 1.165) is 29.0 Å². The van der Waals surface area contributed by atoms with Crippen molar-refractivity contribution in [3.05, 3.63) is 82.0 Å². The Kier molecular flexibility index (Phi) is 9.85. The first-order valence-electron chi connectivity index (χ1n) is 16.3. The zero-order valence-corrected chi connectivity index (χ0v) is 28.8. The number of likely N-dealkylation sites (tertiary alicyclic amines) is 1. The van der Waals surface area contributed by atoms with Gasteiger partial charge in [-0.25, -0.2) is 6.57 Å². The van der Waals surface area contributed by atoms with Gasteiger partial charge < -0.3 is 34.6 Å². The van der Waals surface area contributed by atoms with Crippen molar-refractivity contribution in [2.24, 2.45) is 0 Å². The lowest BCUT2D eigenvalue weighted by Crippen LogP contribution is -2.61. The third-order valence-corrected chi connectivity index (χ3v) is 12.1. The molecule has 6 rings (SSSR count). The van der Waals surface area contributed by atoms with Gasteiger partial charge in [0.2, 0.25) is 23.8 Å². The molecule has 0 spiro atoms. The Morgan fingerprint density at radius 2 is 1.72 bits per heavy atom. The standard InChI is InChI=1S/C34H36F2N5O7PS/c1-20(42)39-14-12-24-9-10-28(33(45)40-15-13-25(26(18-40)37-2)21-6-4-3-5-7-21)41(24)32(44)27(19-39)38-31(43)30-17-22-16-23(8-11-29(22)50-30)34(35,36)49(46,47)48/h3-8,11,16-17,24-28H,9-10,12-15,18-19H2,1H3,(H,38,43)(H2,46,47,48)/t24-,25+,26-,27+,28+/m1/s1. The van der Waals surface area contributed by atoms with Gasteiger partial charge in [0.1, 0.15) is 12.1 Å². The van der Waals surface area contributed by atoms with Crippen molar-refractivity contribution >= 4 is 52.6 Å². The second-order valence-electron chi connectivity index (χ2n) is 13.0. The smallest absolute Gasteiger partial charge is 0.340 e. The topological polar surface area (TPSA) is 152 Å². The summed E-state index contributed by atoms with van der Waals surface area (Å²) in [7, 11) is -5.81. The molecular formula is C34H36F2N5O7PS. The molecule has 264 valence electrons. The molecule has 3 saturated heterocycles. The number of nitrogens with zero attached hydrogens (tertiary/aromatic N) is 4. The van der Waals surface area contributed by atoms with E-state index in [0.29, 0.717) is 43.5 Å². The minimum absolute atomic E-state index is 0.0161. The maximum Gasteiger partial charge on any atom is 0.399 e. The third-order valence-electron chi connectivity index (χ3n) is 9.97. The van der Waals surface area contributed by atoms with E-state index in [1.807, 2.05) is 30.3 Å². The van der Waals surface area contributed by atoms with E-state index in [2.05, 4.69) is 10.2 Å². The number of carbonyl (C=O) groups excluding carboxylic acids is 4. The number of halogens is 2. The van der Waals surface area contributed by atoms with Crippen molar-refractivity contribution < 1.29 is 42.3 Å². The molecule has 3 aromatic rings. The summed E-state index contributed by atoms with van der Waals surface area (Å²) in [6.07, 6.45) is 1.98. The number of amides is 4. The van der Waals surface area contributed by atoms with Crippen molar-refractivity contribution in [3.8, 4) is 0 Å². The van der Waals surface area contributed by atoms with Gasteiger partial charge in [0.05, 0.1) is 17.3 Å². The largest absolute Gasteiger partial charge is 0.399 e. The molecule has 12 nitrogen and oxygen atoms in total. The van der Waals surface area contributed by atoms with Gasteiger partial charge >= 0.3 is 13.3 Å². The summed E-state index contributed by atoms with van der Waals surface area (Å²) in [5.41, 5.74) is -4.28. The van der Waals surface area contributed by atoms with Gasteiger partial charge in [0, 0.05) is 42.9 Å². The van der Waals surface area contributed by atoms with Gasteiger partial charge in [0.25, 0.3) is 5.91 Å². The summed E-state index contributed by atoms with van der Waals surface area (Å²) in [5.74, 6) is -1.78. The Morgan fingerprint density at radius 1 is 1.00 bits per heavy atom. The van der Waals surface area contributed by atoms with E-state index in [4.69, 9.17) is 16.4 Å². The average molecular weight is 728 g/mol. The molecule has 1 aromatic heterocycles. The van der Waals surface area contributed by atoms with Crippen LogP contribution < -0.4 is 5.32 Å². The Bertz CT molecular complexity index is 1910. The molecule has 3 N–H and O–H groups in total. The summed E-state index contributed by atoms with van der Waals surface area (Å²) in [6, 6.07) is 11.3. The number of nitrogens with one attached hydrogen (secondary N) is 1. The van der Waals surface area contributed by atoms with E-state index >= 15 is 0 Å². The molecule has 0 aliphatic carbocycles. The number of hydrogen-bond donors (Lipinski definition) is 3. The van der Waals surface area contributed by atoms with Crippen LogP contribution in [0.1, 0.15) is 59.3 Å². The van der Waals surface area contributed by atoms with Gasteiger partial charge in [-0.05, 0) is 54.8 Å². The van der Waals surface area contributed by atoms with Crippen molar-refractivity contribution in [3.63, 3.8) is 0 Å². The van der Waals surface area contributed by atoms with Crippen LogP contribution in [0.2, 0.25) is 0 Å². The molecule has 50 heavy (non-hydrogen) atoms. The molecule has 3 fully saturated rings. The molecule has 0 unspecified atom stereocenters. The first-order chi connectivity index (χ1) is 23.7. The lowest BCUT2D eigenvalue weighted by molar-refractivity contribution is -0.149. The Labute approximate surface area is 291 Å².